The van der Waals surface area contributed by atoms with Crippen molar-refractivity contribution in [1.82, 2.24) is 13.7 Å². The number of hydrogen-bond acceptors (Lipinski definition) is 2. The zero-order chi connectivity index (χ0) is 16.8. The van der Waals surface area contributed by atoms with Crippen molar-refractivity contribution in [3.63, 3.8) is 0 Å². The monoisotopic (exact) mass is 321 g/mol. The normalized spacial score (nSPS) is 13.9. The SMILES string of the molecule is Cn1c(CO)cc2c1=CCC=C(n1c(=O)n(C)c3ccccc31)C=2. The summed E-state index contributed by atoms with van der Waals surface area (Å²) < 4.78 is 5.42. The van der Waals surface area contributed by atoms with E-state index in [9.17, 15) is 9.90 Å². The van der Waals surface area contributed by atoms with Gasteiger partial charge in [0.05, 0.1) is 17.6 Å². The van der Waals surface area contributed by atoms with Crippen LogP contribution in [-0.4, -0.2) is 18.8 Å². The lowest BCUT2D eigenvalue weighted by Crippen LogP contribution is -2.28. The van der Waals surface area contributed by atoms with Crippen molar-refractivity contribution < 1.29 is 5.11 Å². The molecule has 4 rings (SSSR count). The Hall–Kier alpha value is -2.79. The second-order valence-corrected chi connectivity index (χ2v) is 6.07. The maximum Gasteiger partial charge on any atom is 0.333 e. The number of aromatic nitrogens is 3. The van der Waals surface area contributed by atoms with E-state index in [0.29, 0.717) is 0 Å². The Morgan fingerprint density at radius 3 is 2.58 bits per heavy atom. The molecule has 1 aliphatic carbocycles. The largest absolute Gasteiger partial charge is 0.390 e. The van der Waals surface area contributed by atoms with Crippen LogP contribution in [0.4, 0.5) is 0 Å². The summed E-state index contributed by atoms with van der Waals surface area (Å²) in [4.78, 5) is 12.7. The first-order valence-electron chi connectivity index (χ1n) is 7.96. The topological polar surface area (TPSA) is 52.1 Å². The summed E-state index contributed by atoms with van der Waals surface area (Å²) in [6.45, 7) is -0.00154. The zero-order valence-corrected chi connectivity index (χ0v) is 13.7. The van der Waals surface area contributed by atoms with Gasteiger partial charge in [-0.3, -0.25) is 9.13 Å². The third kappa shape index (κ3) is 2.02. The number of hydrogen-bond donors (Lipinski definition) is 1. The Morgan fingerprint density at radius 2 is 1.83 bits per heavy atom. The van der Waals surface area contributed by atoms with Gasteiger partial charge in [-0.25, -0.2) is 4.79 Å². The van der Waals surface area contributed by atoms with Crippen molar-refractivity contribution in [3.05, 3.63) is 63.2 Å². The lowest BCUT2D eigenvalue weighted by molar-refractivity contribution is 0.272. The third-order valence-corrected chi connectivity index (χ3v) is 4.73. The molecule has 0 amide bonds. The van der Waals surface area contributed by atoms with Crippen LogP contribution in [0.3, 0.4) is 0 Å². The maximum absolute atomic E-state index is 12.7. The zero-order valence-electron chi connectivity index (χ0n) is 13.7. The molecule has 1 aliphatic rings. The molecule has 0 atom stereocenters. The molecule has 0 aliphatic heterocycles. The standard InChI is InChI=1S/C19H19N3O2/c1-20-15(12-23)11-13-10-14(6-5-9-16(13)20)22-18-8-4-3-7-17(18)21(2)19(22)24/h3-4,6-11,23H,5,12H2,1-2H3. The van der Waals surface area contributed by atoms with Gasteiger partial charge in [0.1, 0.15) is 0 Å². The first kappa shape index (κ1) is 14.8. The predicted molar refractivity (Wildman–Crippen MR) is 95.6 cm³/mol. The summed E-state index contributed by atoms with van der Waals surface area (Å²) in [5, 5.41) is 11.6. The Balaban J connectivity index is 2.01. The Kier molecular flexibility index (Phi) is 3.32. The first-order valence-corrected chi connectivity index (χ1v) is 7.96. The van der Waals surface area contributed by atoms with Crippen LogP contribution in [0.5, 0.6) is 0 Å². The van der Waals surface area contributed by atoms with Gasteiger partial charge in [-0.15, -0.1) is 0 Å². The van der Waals surface area contributed by atoms with Crippen molar-refractivity contribution in [2.75, 3.05) is 0 Å². The van der Waals surface area contributed by atoms with Gasteiger partial charge in [-0.05, 0) is 30.7 Å². The van der Waals surface area contributed by atoms with Gasteiger partial charge >= 0.3 is 5.69 Å². The summed E-state index contributed by atoms with van der Waals surface area (Å²) in [5.74, 6) is 0. The minimum absolute atomic E-state index is 0.00154. The van der Waals surface area contributed by atoms with E-state index < -0.39 is 0 Å². The van der Waals surface area contributed by atoms with Crippen molar-refractivity contribution in [3.8, 4) is 0 Å². The molecule has 5 heteroatoms. The Morgan fingerprint density at radius 1 is 1.08 bits per heavy atom. The fourth-order valence-electron chi connectivity index (χ4n) is 3.43. The molecule has 24 heavy (non-hydrogen) atoms. The van der Waals surface area contributed by atoms with Crippen molar-refractivity contribution in [1.29, 1.82) is 0 Å². The van der Waals surface area contributed by atoms with Gasteiger partial charge < -0.3 is 9.67 Å². The minimum Gasteiger partial charge on any atom is -0.390 e. The highest BCUT2D eigenvalue weighted by Gasteiger charge is 2.13. The van der Waals surface area contributed by atoms with Crippen LogP contribution in [0.25, 0.3) is 28.9 Å². The number of imidazole rings is 1. The van der Waals surface area contributed by atoms with Gasteiger partial charge in [0.2, 0.25) is 0 Å². The number of benzene rings is 1. The molecule has 0 unspecified atom stereocenters. The highest BCUT2D eigenvalue weighted by atomic mass is 16.3. The molecular weight excluding hydrogens is 302 g/mol. The van der Waals surface area contributed by atoms with Crippen LogP contribution in [0.1, 0.15) is 12.1 Å². The van der Waals surface area contributed by atoms with Crippen molar-refractivity contribution in [2.45, 2.75) is 13.0 Å². The van der Waals surface area contributed by atoms with Gasteiger partial charge in [0, 0.05) is 36.1 Å². The van der Waals surface area contributed by atoms with Gasteiger partial charge in [0.25, 0.3) is 0 Å². The van der Waals surface area contributed by atoms with E-state index in [1.54, 1.807) is 16.2 Å². The van der Waals surface area contributed by atoms with Crippen LogP contribution in [0, 0.1) is 0 Å². The molecule has 2 aromatic heterocycles. The molecule has 1 N–H and O–H groups in total. The number of rotatable bonds is 2. The van der Waals surface area contributed by atoms with Crippen LogP contribution in [0.15, 0.2) is 41.2 Å². The summed E-state index contributed by atoms with van der Waals surface area (Å²) >= 11 is 0. The fraction of sp³-hybridized carbons (Fsp3) is 0.211. The molecule has 0 bridgehead atoms. The molecule has 1 aromatic carbocycles. The van der Waals surface area contributed by atoms with E-state index in [4.69, 9.17) is 0 Å². The third-order valence-electron chi connectivity index (χ3n) is 4.73. The molecule has 0 saturated heterocycles. The molecule has 122 valence electrons. The van der Waals surface area contributed by atoms with Crippen LogP contribution in [0.2, 0.25) is 0 Å². The number of nitrogens with zero attached hydrogens (tertiary/aromatic N) is 3. The van der Waals surface area contributed by atoms with E-state index in [1.165, 1.54) is 0 Å². The van der Waals surface area contributed by atoms with Crippen LogP contribution in [-0.2, 0) is 20.7 Å². The number of aryl methyl sites for hydroxylation is 1. The smallest absolute Gasteiger partial charge is 0.333 e. The molecule has 0 spiro atoms. The lowest BCUT2D eigenvalue weighted by Gasteiger charge is -2.03. The number of para-hydroxylation sites is 2. The van der Waals surface area contributed by atoms with Gasteiger partial charge in [-0.1, -0.05) is 24.3 Å². The Labute approximate surface area is 138 Å². The molecule has 3 aromatic rings. The summed E-state index contributed by atoms with van der Waals surface area (Å²) in [6.07, 6.45) is 6.93. The molecule has 2 heterocycles. The van der Waals surface area contributed by atoms with E-state index >= 15 is 0 Å². The number of aliphatic hydroxyl groups is 1. The molecular formula is C19H19N3O2. The minimum atomic E-state index is -0.0551. The maximum atomic E-state index is 12.7. The molecule has 5 nitrogen and oxygen atoms in total. The van der Waals surface area contributed by atoms with E-state index in [-0.39, 0.29) is 12.3 Å². The first-order chi connectivity index (χ1) is 11.6. The van der Waals surface area contributed by atoms with Gasteiger partial charge in [0.15, 0.2) is 0 Å². The quantitative estimate of drug-likeness (QED) is 0.754. The Bertz CT molecular complexity index is 1160. The fourth-order valence-corrected chi connectivity index (χ4v) is 3.43. The highest BCUT2D eigenvalue weighted by molar-refractivity contribution is 5.87. The van der Waals surface area contributed by atoms with E-state index in [1.807, 2.05) is 48.0 Å². The second-order valence-electron chi connectivity index (χ2n) is 6.07. The number of allylic oxidation sites excluding steroid dienone is 2. The highest BCUT2D eigenvalue weighted by Crippen LogP contribution is 2.18. The van der Waals surface area contributed by atoms with Gasteiger partial charge in [-0.2, -0.15) is 0 Å². The van der Waals surface area contributed by atoms with Crippen molar-refractivity contribution in [2.24, 2.45) is 14.1 Å². The summed E-state index contributed by atoms with van der Waals surface area (Å²) in [5.41, 5.74) is 3.48. The van der Waals surface area contributed by atoms with E-state index in [2.05, 4.69) is 12.2 Å². The molecule has 0 fully saturated rings. The average molecular weight is 321 g/mol. The van der Waals surface area contributed by atoms with Crippen molar-refractivity contribution >= 4 is 28.9 Å². The summed E-state index contributed by atoms with van der Waals surface area (Å²) in [6, 6.07) is 9.77. The van der Waals surface area contributed by atoms with Crippen LogP contribution < -0.4 is 16.3 Å². The van der Waals surface area contributed by atoms with Crippen LogP contribution >= 0.6 is 0 Å². The molecule has 0 radical (unpaired) electrons. The number of aliphatic hydroxyl groups excluding tert-OH is 1. The predicted octanol–water partition coefficient (Wildman–Crippen LogP) is 0.677. The summed E-state index contributed by atoms with van der Waals surface area (Å²) in [7, 11) is 3.74. The average Bonchev–Trinajstić information content (AvgIpc) is 2.92. The second kappa shape index (κ2) is 5.39. The van der Waals surface area contributed by atoms with E-state index in [0.717, 1.165) is 39.4 Å². The lowest BCUT2D eigenvalue weighted by atomic mass is 10.2. The number of fused-ring (bicyclic) bond motifs is 2. The molecule has 0 saturated carbocycles.